The average molecular weight is 256 g/mol. The van der Waals surface area contributed by atoms with Crippen LogP contribution < -0.4 is 5.32 Å². The van der Waals surface area contributed by atoms with Crippen LogP contribution in [0.3, 0.4) is 0 Å². The highest BCUT2D eigenvalue weighted by Crippen LogP contribution is 2.25. The second-order valence-electron chi connectivity index (χ2n) is 5.21. The third-order valence-corrected chi connectivity index (χ3v) is 3.63. The zero-order valence-electron chi connectivity index (χ0n) is 13.0. The quantitative estimate of drug-likeness (QED) is 0.575. The fraction of sp³-hybridized carbons (Fsp3) is 0.867. The van der Waals surface area contributed by atoms with Crippen molar-refractivity contribution in [2.45, 2.75) is 40.0 Å². The van der Waals surface area contributed by atoms with Gasteiger partial charge in [-0.05, 0) is 19.4 Å². The van der Waals surface area contributed by atoms with Crippen molar-refractivity contribution in [2.24, 2.45) is 11.8 Å². The molecule has 0 radical (unpaired) electrons. The lowest BCUT2D eigenvalue weighted by Gasteiger charge is -2.27. The molecule has 0 bridgehead atoms. The first-order chi connectivity index (χ1) is 8.56. The molecule has 0 aromatic heterocycles. The SMILES string of the molecule is C=C(NCN(C)CCOC)C(CCC)C(C)CC. The third-order valence-electron chi connectivity index (χ3n) is 3.63. The number of hydrogen-bond acceptors (Lipinski definition) is 3. The van der Waals surface area contributed by atoms with Crippen LogP contribution in [0.4, 0.5) is 0 Å². The smallest absolute Gasteiger partial charge is 0.0673 e. The topological polar surface area (TPSA) is 24.5 Å². The third kappa shape index (κ3) is 7.02. The summed E-state index contributed by atoms with van der Waals surface area (Å²) in [4.78, 5) is 2.22. The van der Waals surface area contributed by atoms with E-state index in [1.807, 2.05) is 0 Å². The highest BCUT2D eigenvalue weighted by Gasteiger charge is 2.18. The Morgan fingerprint density at radius 1 is 1.39 bits per heavy atom. The molecule has 0 fully saturated rings. The van der Waals surface area contributed by atoms with Gasteiger partial charge in [-0.1, -0.05) is 40.2 Å². The number of rotatable bonds is 11. The van der Waals surface area contributed by atoms with Gasteiger partial charge < -0.3 is 10.1 Å². The molecule has 0 aliphatic rings. The molecule has 2 atom stereocenters. The molecule has 108 valence electrons. The Balaban J connectivity index is 4.09. The molecule has 0 amide bonds. The number of ether oxygens (including phenoxy) is 1. The number of hydrogen-bond donors (Lipinski definition) is 1. The van der Waals surface area contributed by atoms with Gasteiger partial charge in [0.05, 0.1) is 13.3 Å². The zero-order valence-corrected chi connectivity index (χ0v) is 13.0. The minimum Gasteiger partial charge on any atom is -0.383 e. The molecule has 2 unspecified atom stereocenters. The summed E-state index contributed by atoms with van der Waals surface area (Å²) in [6.45, 7) is 13.6. The van der Waals surface area contributed by atoms with Crippen molar-refractivity contribution in [1.29, 1.82) is 0 Å². The van der Waals surface area contributed by atoms with Crippen LogP contribution in [-0.4, -0.2) is 38.9 Å². The van der Waals surface area contributed by atoms with E-state index < -0.39 is 0 Å². The highest BCUT2D eigenvalue weighted by atomic mass is 16.5. The molecule has 0 aromatic carbocycles. The highest BCUT2D eigenvalue weighted by molar-refractivity contribution is 4.99. The Hall–Kier alpha value is -0.540. The number of nitrogens with one attached hydrogen (secondary N) is 1. The molecule has 0 spiro atoms. The fourth-order valence-electron chi connectivity index (χ4n) is 2.09. The maximum atomic E-state index is 5.07. The van der Waals surface area contributed by atoms with Crippen molar-refractivity contribution >= 4 is 0 Å². The number of allylic oxidation sites excluding steroid dienone is 1. The average Bonchev–Trinajstić information content (AvgIpc) is 2.38. The van der Waals surface area contributed by atoms with Gasteiger partial charge in [-0.25, -0.2) is 0 Å². The summed E-state index contributed by atoms with van der Waals surface area (Å²) in [5.74, 6) is 1.30. The van der Waals surface area contributed by atoms with Gasteiger partial charge in [0.15, 0.2) is 0 Å². The van der Waals surface area contributed by atoms with Crippen LogP contribution in [0.25, 0.3) is 0 Å². The normalized spacial score (nSPS) is 14.6. The summed E-state index contributed by atoms with van der Waals surface area (Å²) in [7, 11) is 3.83. The first kappa shape index (κ1) is 17.5. The minimum atomic E-state index is 0.593. The minimum absolute atomic E-state index is 0.593. The molecule has 18 heavy (non-hydrogen) atoms. The Morgan fingerprint density at radius 2 is 2.06 bits per heavy atom. The second-order valence-corrected chi connectivity index (χ2v) is 5.21. The monoisotopic (exact) mass is 256 g/mol. The van der Waals surface area contributed by atoms with Crippen LogP contribution in [0.1, 0.15) is 40.0 Å². The summed E-state index contributed by atoms with van der Waals surface area (Å²) in [5, 5.41) is 3.47. The van der Waals surface area contributed by atoms with Gasteiger partial charge in [-0.3, -0.25) is 4.90 Å². The Morgan fingerprint density at radius 3 is 2.56 bits per heavy atom. The van der Waals surface area contributed by atoms with Gasteiger partial charge in [0.2, 0.25) is 0 Å². The standard InChI is InChI=1S/C15H32N2O/c1-7-9-15(13(3)8-2)14(4)16-12-17(5)10-11-18-6/h13,15-16H,4,7-12H2,1-3,5-6H3. The molecule has 0 aliphatic heterocycles. The van der Waals surface area contributed by atoms with Crippen molar-refractivity contribution in [1.82, 2.24) is 10.2 Å². The molecule has 0 rings (SSSR count). The maximum absolute atomic E-state index is 5.07. The molecule has 0 aliphatic carbocycles. The van der Waals surface area contributed by atoms with Gasteiger partial charge in [-0.2, -0.15) is 0 Å². The number of nitrogens with zero attached hydrogens (tertiary/aromatic N) is 1. The van der Waals surface area contributed by atoms with E-state index in [-0.39, 0.29) is 0 Å². The summed E-state index contributed by atoms with van der Waals surface area (Å²) in [6.07, 6.45) is 3.66. The van der Waals surface area contributed by atoms with Gasteiger partial charge in [0, 0.05) is 25.3 Å². The Bertz CT molecular complexity index is 219. The van der Waals surface area contributed by atoms with Gasteiger partial charge in [-0.15, -0.1) is 0 Å². The number of methoxy groups -OCH3 is 1. The second kappa shape index (κ2) is 10.4. The van der Waals surface area contributed by atoms with Gasteiger partial charge >= 0.3 is 0 Å². The van der Waals surface area contributed by atoms with Gasteiger partial charge in [0.1, 0.15) is 0 Å². The fourth-order valence-corrected chi connectivity index (χ4v) is 2.09. The number of likely N-dealkylation sites (N-methyl/N-ethyl adjacent to an activating group) is 1. The molecular weight excluding hydrogens is 224 g/mol. The van der Waals surface area contributed by atoms with Crippen molar-refractivity contribution in [3.63, 3.8) is 0 Å². The lowest BCUT2D eigenvalue weighted by atomic mass is 9.86. The first-order valence-electron chi connectivity index (χ1n) is 7.16. The van der Waals surface area contributed by atoms with Crippen molar-refractivity contribution < 1.29 is 4.74 Å². The molecule has 0 saturated heterocycles. The summed E-state index contributed by atoms with van der Waals surface area (Å²) in [5.41, 5.74) is 1.19. The molecule has 0 aromatic rings. The van der Waals surface area contributed by atoms with Crippen LogP contribution in [0.2, 0.25) is 0 Å². The van der Waals surface area contributed by atoms with E-state index in [2.05, 4.69) is 44.6 Å². The predicted molar refractivity (Wildman–Crippen MR) is 79.5 cm³/mol. The van der Waals surface area contributed by atoms with E-state index in [0.29, 0.717) is 11.8 Å². The maximum Gasteiger partial charge on any atom is 0.0673 e. The molecule has 0 saturated carbocycles. The van der Waals surface area contributed by atoms with Crippen LogP contribution in [0, 0.1) is 11.8 Å². The first-order valence-corrected chi connectivity index (χ1v) is 7.16. The summed E-state index contributed by atoms with van der Waals surface area (Å²) in [6, 6.07) is 0. The van der Waals surface area contributed by atoms with E-state index in [1.54, 1.807) is 7.11 Å². The van der Waals surface area contributed by atoms with Crippen molar-refractivity contribution in [3.05, 3.63) is 12.3 Å². The zero-order chi connectivity index (χ0) is 14.0. The molecule has 3 nitrogen and oxygen atoms in total. The Kier molecular flexibility index (Phi) is 10.1. The Labute approximate surface area is 114 Å². The molecule has 0 heterocycles. The van der Waals surface area contributed by atoms with Crippen molar-refractivity contribution in [2.75, 3.05) is 34.0 Å². The summed E-state index contributed by atoms with van der Waals surface area (Å²) >= 11 is 0. The molecule has 3 heteroatoms. The van der Waals surface area contributed by atoms with Crippen molar-refractivity contribution in [3.8, 4) is 0 Å². The van der Waals surface area contributed by atoms with Crippen LogP contribution >= 0.6 is 0 Å². The van der Waals surface area contributed by atoms with E-state index >= 15 is 0 Å². The predicted octanol–water partition coefficient (Wildman–Crippen LogP) is 3.09. The largest absolute Gasteiger partial charge is 0.383 e. The summed E-state index contributed by atoms with van der Waals surface area (Å²) < 4.78 is 5.07. The van der Waals surface area contributed by atoms with E-state index in [9.17, 15) is 0 Å². The van der Waals surface area contributed by atoms with Crippen LogP contribution in [-0.2, 0) is 4.74 Å². The lowest BCUT2D eigenvalue weighted by Crippen LogP contribution is -2.35. The van der Waals surface area contributed by atoms with Gasteiger partial charge in [0.25, 0.3) is 0 Å². The van der Waals surface area contributed by atoms with E-state index in [1.165, 1.54) is 25.0 Å². The van der Waals surface area contributed by atoms with Crippen LogP contribution in [0.5, 0.6) is 0 Å². The van der Waals surface area contributed by atoms with E-state index in [4.69, 9.17) is 4.74 Å². The lowest BCUT2D eigenvalue weighted by molar-refractivity contribution is 0.157. The van der Waals surface area contributed by atoms with Crippen LogP contribution in [0.15, 0.2) is 12.3 Å². The molecule has 1 N–H and O–H groups in total. The molecular formula is C15H32N2O. The van der Waals surface area contributed by atoms with E-state index in [0.717, 1.165) is 19.8 Å².